The predicted octanol–water partition coefficient (Wildman–Crippen LogP) is 2.29. The molecule has 3 N–H and O–H groups in total. The van der Waals surface area contributed by atoms with E-state index in [0.717, 1.165) is 36.8 Å². The molecule has 0 aromatic heterocycles. The van der Waals surface area contributed by atoms with Gasteiger partial charge in [-0.15, -0.1) is 0 Å². The van der Waals surface area contributed by atoms with Gasteiger partial charge in [-0.25, -0.2) is 0 Å². The minimum Gasteiger partial charge on any atom is -0.370 e. The van der Waals surface area contributed by atoms with Crippen molar-refractivity contribution in [1.82, 2.24) is 5.32 Å². The number of hydrogen-bond donors (Lipinski definition) is 2. The zero-order valence-corrected chi connectivity index (χ0v) is 11.1. The fourth-order valence-corrected chi connectivity index (χ4v) is 3.57. The number of nitrogens with zero attached hydrogens (tertiary/aromatic N) is 1. The Morgan fingerprint density at radius 3 is 2.78 bits per heavy atom. The van der Waals surface area contributed by atoms with E-state index in [1.807, 2.05) is 0 Å². The highest BCUT2D eigenvalue weighted by molar-refractivity contribution is 5.77. The first-order valence-corrected chi connectivity index (χ1v) is 7.53. The summed E-state index contributed by atoms with van der Waals surface area (Å²) in [5.74, 6) is 4.07. The van der Waals surface area contributed by atoms with Gasteiger partial charge in [-0.05, 0) is 55.8 Å². The quantitative estimate of drug-likeness (QED) is 0.445. The van der Waals surface area contributed by atoms with Gasteiger partial charge in [0.25, 0.3) is 0 Å². The Labute approximate surface area is 110 Å². The summed E-state index contributed by atoms with van der Waals surface area (Å²) < 4.78 is 0. The Kier molecular flexibility index (Phi) is 3.57. The van der Waals surface area contributed by atoms with Gasteiger partial charge in [-0.1, -0.05) is 18.6 Å². The monoisotopic (exact) mass is 247 g/mol. The van der Waals surface area contributed by atoms with Crippen molar-refractivity contribution in [2.75, 3.05) is 13.1 Å². The lowest BCUT2D eigenvalue weighted by atomic mass is 9.86. The van der Waals surface area contributed by atoms with E-state index in [9.17, 15) is 0 Å². The Bertz CT molecular complexity index is 344. The first-order chi connectivity index (χ1) is 8.81. The van der Waals surface area contributed by atoms with Gasteiger partial charge in [-0.3, -0.25) is 4.99 Å². The van der Waals surface area contributed by atoms with Crippen LogP contribution in [0, 0.1) is 23.7 Å². The van der Waals surface area contributed by atoms with Crippen LogP contribution in [0.15, 0.2) is 17.1 Å². The van der Waals surface area contributed by atoms with Crippen molar-refractivity contribution in [3.05, 3.63) is 12.2 Å². The van der Waals surface area contributed by atoms with Crippen LogP contribution in [0.25, 0.3) is 0 Å². The van der Waals surface area contributed by atoms with Gasteiger partial charge in [0.15, 0.2) is 5.96 Å². The first-order valence-electron chi connectivity index (χ1n) is 7.53. The molecule has 0 aromatic carbocycles. The van der Waals surface area contributed by atoms with Crippen LogP contribution in [0.1, 0.15) is 38.5 Å². The van der Waals surface area contributed by atoms with Gasteiger partial charge in [0.1, 0.15) is 0 Å². The summed E-state index contributed by atoms with van der Waals surface area (Å²) in [6.45, 7) is 1.91. The molecule has 3 aliphatic rings. The summed E-state index contributed by atoms with van der Waals surface area (Å²) in [5, 5.41) is 3.28. The molecule has 3 aliphatic carbocycles. The number of guanidine groups is 1. The molecule has 18 heavy (non-hydrogen) atoms. The molecule has 0 aliphatic heterocycles. The zero-order valence-electron chi connectivity index (χ0n) is 11.1. The van der Waals surface area contributed by atoms with Crippen LogP contribution in [0.5, 0.6) is 0 Å². The van der Waals surface area contributed by atoms with Crippen LogP contribution in [-0.2, 0) is 0 Å². The van der Waals surface area contributed by atoms with E-state index < -0.39 is 0 Å². The molecule has 0 amide bonds. The van der Waals surface area contributed by atoms with Crippen LogP contribution in [0.3, 0.4) is 0 Å². The number of nitrogens with one attached hydrogen (secondary N) is 1. The molecule has 1 unspecified atom stereocenters. The summed E-state index contributed by atoms with van der Waals surface area (Å²) >= 11 is 0. The molecule has 2 fully saturated rings. The van der Waals surface area contributed by atoms with Crippen molar-refractivity contribution in [3.63, 3.8) is 0 Å². The molecular weight excluding hydrogens is 222 g/mol. The van der Waals surface area contributed by atoms with Crippen molar-refractivity contribution in [2.24, 2.45) is 34.4 Å². The van der Waals surface area contributed by atoms with E-state index >= 15 is 0 Å². The average molecular weight is 247 g/mol. The maximum absolute atomic E-state index is 5.89. The summed E-state index contributed by atoms with van der Waals surface area (Å²) in [4.78, 5) is 4.43. The lowest BCUT2D eigenvalue weighted by Crippen LogP contribution is -2.34. The first kappa shape index (κ1) is 12.1. The Morgan fingerprint density at radius 1 is 1.28 bits per heavy atom. The Morgan fingerprint density at radius 2 is 2.17 bits per heavy atom. The number of hydrogen-bond acceptors (Lipinski definition) is 1. The lowest BCUT2D eigenvalue weighted by Gasteiger charge is -2.23. The minimum atomic E-state index is 0.653. The zero-order chi connectivity index (χ0) is 12.4. The topological polar surface area (TPSA) is 50.4 Å². The fourth-order valence-electron chi connectivity index (χ4n) is 3.57. The molecule has 0 radical (unpaired) electrons. The predicted molar refractivity (Wildman–Crippen MR) is 75.3 cm³/mol. The molecule has 3 atom stereocenters. The van der Waals surface area contributed by atoms with E-state index in [0.29, 0.717) is 5.96 Å². The summed E-state index contributed by atoms with van der Waals surface area (Å²) in [7, 11) is 0. The van der Waals surface area contributed by atoms with Crippen molar-refractivity contribution in [1.29, 1.82) is 0 Å². The second kappa shape index (κ2) is 5.33. The number of allylic oxidation sites excluding steroid dienone is 2. The number of fused-ring (bicyclic) bond motifs is 2. The molecule has 3 rings (SSSR count). The average Bonchev–Trinajstić information content (AvgIpc) is 2.88. The van der Waals surface area contributed by atoms with Crippen LogP contribution >= 0.6 is 0 Å². The molecule has 2 saturated carbocycles. The summed E-state index contributed by atoms with van der Waals surface area (Å²) in [5.41, 5.74) is 5.89. The largest absolute Gasteiger partial charge is 0.370 e. The van der Waals surface area contributed by atoms with Crippen LogP contribution < -0.4 is 11.1 Å². The number of aliphatic imine (C=N–C) groups is 1. The van der Waals surface area contributed by atoms with E-state index in [1.54, 1.807) is 0 Å². The highest BCUT2D eigenvalue weighted by Crippen LogP contribution is 2.44. The third-order valence-electron chi connectivity index (χ3n) is 4.98. The highest BCUT2D eigenvalue weighted by Gasteiger charge is 2.34. The molecular formula is C15H25N3. The van der Waals surface area contributed by atoms with Crippen LogP contribution in [0.2, 0.25) is 0 Å². The van der Waals surface area contributed by atoms with Crippen LogP contribution in [-0.4, -0.2) is 19.0 Å². The van der Waals surface area contributed by atoms with Gasteiger partial charge >= 0.3 is 0 Å². The third kappa shape index (κ3) is 2.70. The van der Waals surface area contributed by atoms with Gasteiger partial charge < -0.3 is 11.1 Å². The molecule has 3 heteroatoms. The van der Waals surface area contributed by atoms with E-state index in [4.69, 9.17) is 5.73 Å². The standard InChI is InChI=1S/C15H25N3/c16-15(18-10-11-2-1-3-11)17-7-6-14-9-12-4-5-13(14)8-12/h4-5,11-14H,1-3,6-10H2,(H3,16,17,18)/t12-,13+,14?/m1/s1. The van der Waals surface area contributed by atoms with E-state index in [-0.39, 0.29) is 0 Å². The molecule has 0 saturated heterocycles. The van der Waals surface area contributed by atoms with Gasteiger partial charge in [0.2, 0.25) is 0 Å². The molecule has 0 aromatic rings. The normalized spacial score (nSPS) is 34.9. The van der Waals surface area contributed by atoms with E-state index in [1.165, 1.54) is 38.5 Å². The molecule has 0 spiro atoms. The van der Waals surface area contributed by atoms with Gasteiger partial charge in [-0.2, -0.15) is 0 Å². The Balaban J connectivity index is 1.33. The number of rotatable bonds is 5. The molecule has 100 valence electrons. The van der Waals surface area contributed by atoms with E-state index in [2.05, 4.69) is 22.5 Å². The van der Waals surface area contributed by atoms with Crippen molar-refractivity contribution >= 4 is 5.96 Å². The second-order valence-corrected chi connectivity index (χ2v) is 6.28. The maximum atomic E-state index is 5.89. The van der Waals surface area contributed by atoms with Gasteiger partial charge in [0.05, 0.1) is 0 Å². The summed E-state index contributed by atoms with van der Waals surface area (Å²) in [6.07, 6.45) is 12.9. The SMILES string of the molecule is NC(=NCC1CCC1)NCCC1C[C@@H]2C=C[C@H]1C2. The number of nitrogens with two attached hydrogens (primary N) is 1. The van der Waals surface area contributed by atoms with Crippen LogP contribution in [0.4, 0.5) is 0 Å². The molecule has 3 nitrogen and oxygen atoms in total. The molecule has 0 heterocycles. The highest BCUT2D eigenvalue weighted by atomic mass is 15.1. The lowest BCUT2D eigenvalue weighted by molar-refractivity contribution is 0.326. The van der Waals surface area contributed by atoms with Crippen molar-refractivity contribution in [3.8, 4) is 0 Å². The second-order valence-electron chi connectivity index (χ2n) is 6.28. The maximum Gasteiger partial charge on any atom is 0.188 e. The smallest absolute Gasteiger partial charge is 0.188 e. The van der Waals surface area contributed by atoms with Crippen molar-refractivity contribution in [2.45, 2.75) is 38.5 Å². The molecule has 2 bridgehead atoms. The summed E-state index contributed by atoms with van der Waals surface area (Å²) in [6, 6.07) is 0. The van der Waals surface area contributed by atoms with Gasteiger partial charge in [0, 0.05) is 13.1 Å². The minimum absolute atomic E-state index is 0.653. The van der Waals surface area contributed by atoms with Crippen molar-refractivity contribution < 1.29 is 0 Å². The fraction of sp³-hybridized carbons (Fsp3) is 0.800. The Hall–Kier alpha value is -0.990. The third-order valence-corrected chi connectivity index (χ3v) is 4.98.